The van der Waals surface area contributed by atoms with Crippen LogP contribution in [0, 0.1) is 0 Å². The second-order valence-corrected chi connectivity index (χ2v) is 10.0. The van der Waals surface area contributed by atoms with Crippen molar-refractivity contribution in [2.24, 2.45) is 0 Å². The molecule has 1 aromatic heterocycles. The maximum absolute atomic E-state index is 12.4. The first-order valence-corrected chi connectivity index (χ1v) is 12.7. The summed E-state index contributed by atoms with van der Waals surface area (Å²) in [6.45, 7) is -1.71. The Morgan fingerprint density at radius 3 is 2.40 bits per heavy atom. The Morgan fingerprint density at radius 1 is 0.976 bits per heavy atom. The van der Waals surface area contributed by atoms with Crippen LogP contribution in [0.25, 0.3) is 22.1 Å². The maximum Gasteiger partial charge on any atom is 0.336 e. The fraction of sp³-hybridized carbons (Fsp3) is 0.444. The Bertz CT molecular complexity index is 1490. The van der Waals surface area contributed by atoms with Gasteiger partial charge in [-0.2, -0.15) is 0 Å². The molecule has 15 nitrogen and oxygen atoms in total. The normalized spacial score (nSPS) is 31.4. The molecule has 0 bridgehead atoms. The molecule has 15 heteroatoms. The molecule has 2 saturated heterocycles. The van der Waals surface area contributed by atoms with Crippen LogP contribution in [-0.4, -0.2) is 116 Å². The molecule has 2 aliphatic rings. The van der Waals surface area contributed by atoms with E-state index in [0.717, 1.165) is 6.07 Å². The minimum atomic E-state index is -1.95. The van der Waals surface area contributed by atoms with Crippen molar-refractivity contribution < 1.29 is 69.0 Å². The highest BCUT2D eigenvalue weighted by Gasteiger charge is 2.50. The second-order valence-electron chi connectivity index (χ2n) is 10.0. The Labute approximate surface area is 236 Å². The predicted molar refractivity (Wildman–Crippen MR) is 139 cm³/mol. The lowest BCUT2D eigenvalue weighted by Gasteiger charge is -2.40. The quantitative estimate of drug-likeness (QED) is 0.110. The van der Waals surface area contributed by atoms with Gasteiger partial charge in [-0.3, -0.25) is 0 Å². The molecule has 0 radical (unpaired) electrons. The fourth-order valence-corrected chi connectivity index (χ4v) is 4.77. The molecule has 2 aliphatic heterocycles. The van der Waals surface area contributed by atoms with Gasteiger partial charge in [0, 0.05) is 23.8 Å². The zero-order valence-electron chi connectivity index (χ0n) is 22.1. The van der Waals surface area contributed by atoms with Gasteiger partial charge in [0.25, 0.3) is 0 Å². The Morgan fingerprint density at radius 2 is 1.74 bits per heavy atom. The lowest BCUT2D eigenvalue weighted by molar-refractivity contribution is -0.289. The van der Waals surface area contributed by atoms with E-state index >= 15 is 0 Å². The van der Waals surface area contributed by atoms with Crippen molar-refractivity contribution in [2.75, 3.05) is 26.9 Å². The molecule has 8 N–H and O–H groups in total. The van der Waals surface area contributed by atoms with E-state index in [1.807, 2.05) is 0 Å². The number of hydrogen-bond donors (Lipinski definition) is 8. The van der Waals surface area contributed by atoms with E-state index in [1.54, 1.807) is 0 Å². The summed E-state index contributed by atoms with van der Waals surface area (Å²) in [6.07, 6.45) is -11.2. The molecule has 0 aliphatic carbocycles. The number of benzene rings is 2. The largest absolute Gasteiger partial charge is 0.504 e. The lowest BCUT2D eigenvalue weighted by Crippen LogP contribution is -2.60. The van der Waals surface area contributed by atoms with E-state index < -0.39 is 79.9 Å². The molecular weight excluding hydrogens is 564 g/mol. The number of hydrogen-bond acceptors (Lipinski definition) is 15. The molecule has 2 aromatic carbocycles. The summed E-state index contributed by atoms with van der Waals surface area (Å²) in [5.74, 6) is -0.712. The summed E-state index contributed by atoms with van der Waals surface area (Å²) in [5.41, 5.74) is -2.20. The number of methoxy groups -OCH3 is 1. The van der Waals surface area contributed by atoms with Gasteiger partial charge in [0.2, 0.25) is 6.29 Å². The van der Waals surface area contributed by atoms with Gasteiger partial charge in [-0.05, 0) is 17.7 Å². The van der Waals surface area contributed by atoms with Crippen molar-refractivity contribution in [1.82, 2.24) is 0 Å². The van der Waals surface area contributed by atoms with Crippen LogP contribution in [0.4, 0.5) is 0 Å². The standard InChI is InChI=1S/C27H30O15/c1-37-12-5-16-20(13(7-19(31)40-16)11-2-3-14(29)15(30)4-11)17(6-12)41-25-23(34)22(33)21(32)18(42-25)8-38-26-24(35)27(36,9-28)10-39-26/h2-7,18,21-26,28-30,32-36H,8-10H2,1H3/t18-,21-,22+,23-,24+,25-,26+,27+/m0/s1. The summed E-state index contributed by atoms with van der Waals surface area (Å²) in [6, 6.07) is 7.80. The first-order chi connectivity index (χ1) is 19.9. The molecule has 228 valence electrons. The van der Waals surface area contributed by atoms with Crippen LogP contribution in [-0.2, 0) is 14.2 Å². The first-order valence-electron chi connectivity index (χ1n) is 12.7. The summed E-state index contributed by atoms with van der Waals surface area (Å²) in [5, 5.41) is 81.5. The van der Waals surface area contributed by atoms with Gasteiger partial charge in [-0.25, -0.2) is 4.79 Å². The van der Waals surface area contributed by atoms with Crippen LogP contribution in [0.3, 0.4) is 0 Å². The van der Waals surface area contributed by atoms with E-state index in [-0.39, 0.29) is 33.8 Å². The lowest BCUT2D eigenvalue weighted by atomic mass is 9.98. The third kappa shape index (κ3) is 5.49. The van der Waals surface area contributed by atoms with Gasteiger partial charge >= 0.3 is 5.63 Å². The molecule has 8 atom stereocenters. The zero-order valence-corrected chi connectivity index (χ0v) is 22.1. The van der Waals surface area contributed by atoms with Gasteiger partial charge in [0.15, 0.2) is 17.8 Å². The minimum Gasteiger partial charge on any atom is -0.504 e. The molecule has 42 heavy (non-hydrogen) atoms. The Balaban J connectivity index is 1.47. The number of aliphatic hydroxyl groups is 6. The van der Waals surface area contributed by atoms with E-state index in [0.29, 0.717) is 5.56 Å². The Kier molecular flexibility index (Phi) is 8.30. The minimum absolute atomic E-state index is 0.00563. The van der Waals surface area contributed by atoms with Crippen LogP contribution in [0.15, 0.2) is 45.6 Å². The topological polar surface area (TPSA) is 238 Å². The van der Waals surface area contributed by atoms with Crippen LogP contribution < -0.4 is 15.1 Å². The number of phenolic OH excluding ortho intramolecular Hbond substituents is 2. The van der Waals surface area contributed by atoms with Crippen LogP contribution >= 0.6 is 0 Å². The number of rotatable bonds is 8. The molecule has 0 amide bonds. The molecule has 3 aromatic rings. The van der Waals surface area contributed by atoms with Crippen molar-refractivity contribution in [1.29, 1.82) is 0 Å². The van der Waals surface area contributed by atoms with Crippen molar-refractivity contribution >= 4 is 11.0 Å². The van der Waals surface area contributed by atoms with Gasteiger partial charge in [0.1, 0.15) is 53.2 Å². The van der Waals surface area contributed by atoms with Gasteiger partial charge < -0.3 is 69.0 Å². The van der Waals surface area contributed by atoms with E-state index in [9.17, 15) is 45.6 Å². The highest BCUT2D eigenvalue weighted by molar-refractivity contribution is 5.98. The summed E-state index contributed by atoms with van der Waals surface area (Å²) < 4.78 is 32.9. The molecule has 2 fully saturated rings. The smallest absolute Gasteiger partial charge is 0.336 e. The average molecular weight is 595 g/mol. The monoisotopic (exact) mass is 594 g/mol. The summed E-state index contributed by atoms with van der Waals surface area (Å²) >= 11 is 0. The Hall–Kier alpha value is -3.51. The first kappa shape index (κ1) is 30.0. The van der Waals surface area contributed by atoms with Crippen molar-refractivity contribution in [3.8, 4) is 34.1 Å². The van der Waals surface area contributed by atoms with Gasteiger partial charge in [0.05, 0.1) is 32.3 Å². The number of fused-ring (bicyclic) bond motifs is 1. The third-order valence-corrected chi connectivity index (χ3v) is 7.22. The maximum atomic E-state index is 12.4. The van der Waals surface area contributed by atoms with Crippen molar-refractivity contribution in [3.05, 3.63) is 46.8 Å². The van der Waals surface area contributed by atoms with Crippen LogP contribution in [0.2, 0.25) is 0 Å². The zero-order chi connectivity index (χ0) is 30.3. The summed E-state index contributed by atoms with van der Waals surface area (Å²) in [4.78, 5) is 12.4. The second kappa shape index (κ2) is 11.6. The predicted octanol–water partition coefficient (Wildman–Crippen LogP) is -1.48. The van der Waals surface area contributed by atoms with E-state index in [1.165, 1.54) is 37.4 Å². The number of phenols is 2. The average Bonchev–Trinajstić information content (AvgIpc) is 3.26. The molecule has 0 unspecified atom stereocenters. The highest BCUT2D eigenvalue weighted by Crippen LogP contribution is 2.41. The fourth-order valence-electron chi connectivity index (χ4n) is 4.77. The van der Waals surface area contributed by atoms with Crippen LogP contribution in [0.1, 0.15) is 0 Å². The number of aromatic hydroxyl groups is 2. The van der Waals surface area contributed by atoms with Crippen molar-refractivity contribution in [2.45, 2.75) is 48.7 Å². The summed E-state index contributed by atoms with van der Waals surface area (Å²) in [7, 11) is 1.35. The van der Waals surface area contributed by atoms with Crippen molar-refractivity contribution in [3.63, 3.8) is 0 Å². The number of ether oxygens (including phenoxy) is 5. The molecule has 0 spiro atoms. The molecule has 3 heterocycles. The van der Waals surface area contributed by atoms with E-state index in [4.69, 9.17) is 28.1 Å². The molecule has 5 rings (SSSR count). The van der Waals surface area contributed by atoms with Gasteiger partial charge in [-0.1, -0.05) is 6.07 Å². The highest BCUT2D eigenvalue weighted by atomic mass is 16.7. The van der Waals surface area contributed by atoms with Crippen LogP contribution in [0.5, 0.6) is 23.0 Å². The SMILES string of the molecule is COc1cc(O[C@H]2O[C@@H](CO[C@@H]3OC[C@](O)(CO)[C@@H]3O)[C@H](O)[C@@H](O)[C@@H]2O)c2c(-c3ccc(O)c(O)c3)cc(=O)oc2c1. The number of aliphatic hydroxyl groups excluding tert-OH is 5. The molecular formula is C27H30O15. The third-order valence-electron chi connectivity index (χ3n) is 7.22. The van der Waals surface area contributed by atoms with E-state index in [2.05, 4.69) is 0 Å². The molecule has 0 saturated carbocycles. The van der Waals surface area contributed by atoms with Gasteiger partial charge in [-0.15, -0.1) is 0 Å².